The molecule has 2 aliphatic heterocycles. The maximum atomic E-state index is 13.4. The number of esters is 1. The van der Waals surface area contributed by atoms with Gasteiger partial charge in [0.1, 0.15) is 6.10 Å². The van der Waals surface area contributed by atoms with Gasteiger partial charge in [-0.3, -0.25) is 14.6 Å². The van der Waals surface area contributed by atoms with Gasteiger partial charge in [0, 0.05) is 57.8 Å². The van der Waals surface area contributed by atoms with Crippen molar-refractivity contribution >= 4 is 27.6 Å². The molecule has 2 saturated heterocycles. The van der Waals surface area contributed by atoms with Crippen LogP contribution in [0.5, 0.6) is 0 Å². The zero-order chi connectivity index (χ0) is 24.5. The summed E-state index contributed by atoms with van der Waals surface area (Å²) in [5, 5.41) is 0.569. The Bertz CT molecular complexity index is 1130. The number of carbonyl (C=O) groups excluding carboxylic acids is 1. The van der Waals surface area contributed by atoms with E-state index in [9.17, 15) is 13.2 Å². The Morgan fingerprint density at radius 3 is 2.35 bits per heavy atom. The molecule has 0 amide bonds. The molecular weight excluding hydrogens is 474 g/mol. The van der Waals surface area contributed by atoms with Gasteiger partial charge in [-0.15, -0.1) is 0 Å². The summed E-state index contributed by atoms with van der Waals surface area (Å²) in [4.78, 5) is 16.6. The molecule has 0 aromatic heterocycles. The fourth-order valence-corrected chi connectivity index (χ4v) is 6.86. The highest BCUT2D eigenvalue weighted by Crippen LogP contribution is 2.28. The van der Waals surface area contributed by atoms with Crippen LogP contribution in [0.3, 0.4) is 0 Å². The van der Waals surface area contributed by atoms with Crippen LogP contribution in [0.2, 0.25) is 5.02 Å². The Morgan fingerprint density at radius 2 is 1.71 bits per heavy atom. The molecule has 2 unspecified atom stereocenters. The maximum absolute atomic E-state index is 13.4. The molecule has 0 spiro atoms. The third-order valence-electron chi connectivity index (χ3n) is 6.70. The van der Waals surface area contributed by atoms with Crippen molar-refractivity contribution < 1.29 is 17.9 Å². The van der Waals surface area contributed by atoms with Crippen LogP contribution in [0.15, 0.2) is 47.4 Å². The number of likely N-dealkylation sites (tertiary alicyclic amines) is 1. The maximum Gasteiger partial charge on any atom is 0.303 e. The van der Waals surface area contributed by atoms with E-state index in [0.717, 1.165) is 18.7 Å². The Hall–Kier alpha value is -1.97. The molecule has 0 N–H and O–H groups in total. The minimum absolute atomic E-state index is 0.0389. The molecule has 9 heteroatoms. The lowest BCUT2D eigenvalue weighted by Crippen LogP contribution is -2.55. The van der Waals surface area contributed by atoms with Crippen molar-refractivity contribution in [1.29, 1.82) is 0 Å². The highest BCUT2D eigenvalue weighted by atomic mass is 35.5. The van der Waals surface area contributed by atoms with Crippen LogP contribution < -0.4 is 0 Å². The molecule has 0 bridgehead atoms. The molecule has 2 heterocycles. The van der Waals surface area contributed by atoms with E-state index in [0.29, 0.717) is 48.2 Å². The number of nitrogens with zero attached hydrogens (tertiary/aromatic N) is 3. The van der Waals surface area contributed by atoms with Crippen LogP contribution in [0.4, 0.5) is 0 Å². The van der Waals surface area contributed by atoms with Crippen molar-refractivity contribution in [3.05, 3.63) is 64.2 Å². The van der Waals surface area contributed by atoms with E-state index in [2.05, 4.69) is 21.9 Å². The summed E-state index contributed by atoms with van der Waals surface area (Å²) in [5.41, 5.74) is 2.62. The zero-order valence-corrected chi connectivity index (χ0v) is 21.5. The van der Waals surface area contributed by atoms with Gasteiger partial charge in [0.15, 0.2) is 0 Å². The highest BCUT2D eigenvalue weighted by molar-refractivity contribution is 7.89. The third-order valence-corrected chi connectivity index (χ3v) is 9.14. The van der Waals surface area contributed by atoms with Crippen LogP contribution in [0, 0.1) is 13.8 Å². The quantitative estimate of drug-likeness (QED) is 0.562. The van der Waals surface area contributed by atoms with E-state index in [4.69, 9.17) is 16.3 Å². The molecule has 2 atom stereocenters. The Morgan fingerprint density at radius 1 is 1.03 bits per heavy atom. The molecule has 34 heavy (non-hydrogen) atoms. The van der Waals surface area contributed by atoms with Gasteiger partial charge in [0.2, 0.25) is 10.0 Å². The Kier molecular flexibility index (Phi) is 7.64. The van der Waals surface area contributed by atoms with E-state index in [1.165, 1.54) is 12.5 Å². The Labute approximate surface area is 207 Å². The number of aryl methyl sites for hydroxylation is 2. The first-order valence-electron chi connectivity index (χ1n) is 11.6. The fraction of sp³-hybridized carbons (Fsp3) is 0.480. The minimum atomic E-state index is -3.61. The van der Waals surface area contributed by atoms with Crippen LogP contribution in [0.25, 0.3) is 0 Å². The van der Waals surface area contributed by atoms with Gasteiger partial charge in [0.25, 0.3) is 0 Å². The first-order valence-corrected chi connectivity index (χ1v) is 13.4. The molecular formula is C25H32ClN3O4S. The van der Waals surface area contributed by atoms with Crippen LogP contribution in [-0.4, -0.2) is 79.9 Å². The van der Waals surface area contributed by atoms with Gasteiger partial charge < -0.3 is 4.74 Å². The summed E-state index contributed by atoms with van der Waals surface area (Å²) in [7, 11) is -3.61. The first-order chi connectivity index (χ1) is 16.1. The number of hydrogen-bond acceptors (Lipinski definition) is 6. The second kappa shape index (κ2) is 10.3. The van der Waals surface area contributed by atoms with E-state index in [1.807, 2.05) is 25.1 Å². The minimum Gasteiger partial charge on any atom is -0.459 e. The monoisotopic (exact) mass is 505 g/mol. The number of carbonyl (C=O) groups is 1. The van der Waals surface area contributed by atoms with Gasteiger partial charge >= 0.3 is 5.97 Å². The predicted octanol–water partition coefficient (Wildman–Crippen LogP) is 3.08. The normalized spacial score (nSPS) is 22.7. The molecule has 2 aromatic carbocycles. The lowest BCUT2D eigenvalue weighted by atomic mass is 10.1. The summed E-state index contributed by atoms with van der Waals surface area (Å²) in [6, 6.07) is 13.6. The SMILES string of the molecule is CC(=O)OC1CN(Cc2ccccc2)CC1N1CCN(S(=O)(=O)c2cc(C)c(Cl)cc2C)CC1. The zero-order valence-electron chi connectivity index (χ0n) is 19.9. The van der Waals surface area contributed by atoms with Gasteiger partial charge in [-0.25, -0.2) is 8.42 Å². The third kappa shape index (κ3) is 5.47. The average molecular weight is 506 g/mol. The van der Waals surface area contributed by atoms with E-state index in [-0.39, 0.29) is 18.1 Å². The van der Waals surface area contributed by atoms with Crippen molar-refractivity contribution in [2.75, 3.05) is 39.3 Å². The second-order valence-electron chi connectivity index (χ2n) is 9.20. The largest absolute Gasteiger partial charge is 0.459 e. The lowest BCUT2D eigenvalue weighted by molar-refractivity contribution is -0.148. The van der Waals surface area contributed by atoms with E-state index < -0.39 is 10.0 Å². The summed E-state index contributed by atoms with van der Waals surface area (Å²) in [5.74, 6) is -0.286. The van der Waals surface area contributed by atoms with Gasteiger partial charge in [0.05, 0.1) is 10.9 Å². The molecule has 0 aliphatic carbocycles. The summed E-state index contributed by atoms with van der Waals surface area (Å²) in [6.07, 6.45) is -0.231. The average Bonchev–Trinajstić information content (AvgIpc) is 3.18. The summed E-state index contributed by atoms with van der Waals surface area (Å²) in [6.45, 7) is 9.23. The van der Waals surface area contributed by atoms with Gasteiger partial charge in [-0.05, 0) is 42.7 Å². The lowest BCUT2D eigenvalue weighted by Gasteiger charge is -2.39. The highest BCUT2D eigenvalue weighted by Gasteiger charge is 2.41. The fourth-order valence-electron chi connectivity index (χ4n) is 4.93. The smallest absolute Gasteiger partial charge is 0.303 e. The number of ether oxygens (including phenoxy) is 1. The molecule has 2 aliphatic rings. The van der Waals surface area contributed by atoms with Crippen molar-refractivity contribution in [3.63, 3.8) is 0 Å². The van der Waals surface area contributed by atoms with Gasteiger partial charge in [-0.2, -0.15) is 4.31 Å². The molecule has 184 valence electrons. The number of rotatable bonds is 6. The number of piperazine rings is 1. The molecule has 0 saturated carbocycles. The van der Waals surface area contributed by atoms with Crippen molar-refractivity contribution in [2.45, 2.75) is 44.4 Å². The van der Waals surface area contributed by atoms with Crippen molar-refractivity contribution in [3.8, 4) is 0 Å². The summed E-state index contributed by atoms with van der Waals surface area (Å²) < 4.78 is 33.9. The first kappa shape index (κ1) is 25.1. The molecule has 2 aromatic rings. The number of halogens is 1. The molecule has 2 fully saturated rings. The van der Waals surface area contributed by atoms with Crippen LogP contribution >= 0.6 is 11.6 Å². The standard InChI is InChI=1S/C25H32ClN3O4S/c1-18-14-25(19(2)13-22(18)26)34(31,32)29-11-9-28(10-12-29)23-16-27(17-24(23)33-20(3)30)15-21-7-5-4-6-8-21/h4-8,13-14,23-24H,9-12,15-17H2,1-3H3. The predicted molar refractivity (Wildman–Crippen MR) is 132 cm³/mol. The second-order valence-corrected chi connectivity index (χ2v) is 11.5. The van der Waals surface area contributed by atoms with Crippen LogP contribution in [0.1, 0.15) is 23.6 Å². The number of benzene rings is 2. The summed E-state index contributed by atoms with van der Waals surface area (Å²) >= 11 is 6.17. The van der Waals surface area contributed by atoms with E-state index >= 15 is 0 Å². The van der Waals surface area contributed by atoms with Crippen molar-refractivity contribution in [2.24, 2.45) is 0 Å². The van der Waals surface area contributed by atoms with Crippen LogP contribution in [-0.2, 0) is 26.1 Å². The number of sulfonamides is 1. The molecule has 7 nitrogen and oxygen atoms in total. The molecule has 0 radical (unpaired) electrons. The van der Waals surface area contributed by atoms with Gasteiger partial charge in [-0.1, -0.05) is 41.9 Å². The Balaban J connectivity index is 1.44. The van der Waals surface area contributed by atoms with E-state index in [1.54, 1.807) is 23.4 Å². The molecule has 4 rings (SSSR count). The number of hydrogen-bond donors (Lipinski definition) is 0. The van der Waals surface area contributed by atoms with Crippen molar-refractivity contribution in [1.82, 2.24) is 14.1 Å². The topological polar surface area (TPSA) is 70.2 Å².